The van der Waals surface area contributed by atoms with Gasteiger partial charge in [-0.2, -0.15) is 0 Å². The molecule has 0 atom stereocenters. The van der Waals surface area contributed by atoms with Gasteiger partial charge in [0, 0.05) is 19.0 Å². The van der Waals surface area contributed by atoms with Gasteiger partial charge in [0.05, 0.1) is 18.2 Å². The minimum atomic E-state index is -0.364. The second-order valence-corrected chi connectivity index (χ2v) is 7.58. The predicted octanol–water partition coefficient (Wildman–Crippen LogP) is 4.03. The highest BCUT2D eigenvalue weighted by atomic mass is 19.1. The van der Waals surface area contributed by atoms with Crippen LogP contribution in [-0.4, -0.2) is 35.9 Å². The Morgan fingerprint density at radius 3 is 2.45 bits per heavy atom. The van der Waals surface area contributed by atoms with Crippen LogP contribution >= 0.6 is 0 Å². The molecular formula is C23H27FN2O3. The number of benzene rings is 2. The number of piperidine rings is 1. The monoisotopic (exact) mass is 398 g/mol. The molecule has 6 heteroatoms. The maximum absolute atomic E-state index is 13.8. The summed E-state index contributed by atoms with van der Waals surface area (Å²) in [5.41, 5.74) is 1.06. The lowest BCUT2D eigenvalue weighted by atomic mass is 9.95. The Hall–Kier alpha value is -2.89. The molecule has 1 fully saturated rings. The largest absolute Gasteiger partial charge is 0.489 e. The first-order valence-corrected chi connectivity index (χ1v) is 10.0. The second-order valence-electron chi connectivity index (χ2n) is 7.58. The van der Waals surface area contributed by atoms with E-state index in [0.29, 0.717) is 42.9 Å². The Bertz CT molecular complexity index is 861. The van der Waals surface area contributed by atoms with Gasteiger partial charge in [-0.3, -0.25) is 9.59 Å². The van der Waals surface area contributed by atoms with Crippen molar-refractivity contribution in [2.45, 2.75) is 39.2 Å². The van der Waals surface area contributed by atoms with Crippen molar-refractivity contribution in [3.63, 3.8) is 0 Å². The quantitative estimate of drug-likeness (QED) is 0.799. The third kappa shape index (κ3) is 5.56. The lowest BCUT2D eigenvalue weighted by Crippen LogP contribution is -2.42. The average molecular weight is 398 g/mol. The van der Waals surface area contributed by atoms with Crippen molar-refractivity contribution >= 4 is 17.5 Å². The van der Waals surface area contributed by atoms with E-state index in [2.05, 4.69) is 5.32 Å². The molecule has 1 heterocycles. The van der Waals surface area contributed by atoms with Crippen LogP contribution in [0.4, 0.5) is 10.1 Å². The summed E-state index contributed by atoms with van der Waals surface area (Å²) >= 11 is 0. The van der Waals surface area contributed by atoms with Gasteiger partial charge in [0.15, 0.2) is 0 Å². The second kappa shape index (κ2) is 9.54. The maximum Gasteiger partial charge on any atom is 0.227 e. The maximum atomic E-state index is 13.8. The van der Waals surface area contributed by atoms with Crippen LogP contribution in [0, 0.1) is 11.7 Å². The summed E-state index contributed by atoms with van der Waals surface area (Å²) in [5.74, 6) is -0.0546. The van der Waals surface area contributed by atoms with Crippen LogP contribution in [0.1, 0.15) is 32.3 Å². The van der Waals surface area contributed by atoms with Crippen LogP contribution in [-0.2, 0) is 16.0 Å². The Kier molecular flexibility index (Phi) is 6.86. The van der Waals surface area contributed by atoms with Gasteiger partial charge in [0.25, 0.3) is 0 Å². The Morgan fingerprint density at radius 1 is 1.10 bits per heavy atom. The number of halogens is 1. The fourth-order valence-corrected chi connectivity index (χ4v) is 3.47. The molecular weight excluding hydrogens is 371 g/mol. The van der Waals surface area contributed by atoms with Gasteiger partial charge >= 0.3 is 0 Å². The van der Waals surface area contributed by atoms with Gasteiger partial charge in [-0.05, 0) is 50.5 Å². The number of anilines is 1. The lowest BCUT2D eigenvalue weighted by molar-refractivity contribution is -0.133. The molecule has 2 aromatic rings. The molecule has 1 aliphatic heterocycles. The van der Waals surface area contributed by atoms with E-state index < -0.39 is 0 Å². The van der Waals surface area contributed by atoms with Crippen LogP contribution in [0.25, 0.3) is 0 Å². The number of rotatable bonds is 6. The van der Waals surface area contributed by atoms with Gasteiger partial charge in [0.1, 0.15) is 11.6 Å². The Labute approximate surface area is 170 Å². The van der Waals surface area contributed by atoms with Crippen LogP contribution in [0.5, 0.6) is 5.75 Å². The van der Waals surface area contributed by atoms with Crippen molar-refractivity contribution < 1.29 is 18.7 Å². The number of nitrogens with one attached hydrogen (secondary N) is 1. The van der Waals surface area contributed by atoms with Crippen molar-refractivity contribution in [2.24, 2.45) is 5.92 Å². The number of ether oxygens (including phenoxy) is 1. The molecule has 3 rings (SSSR count). The van der Waals surface area contributed by atoms with E-state index >= 15 is 0 Å². The molecule has 2 amide bonds. The zero-order valence-electron chi connectivity index (χ0n) is 16.9. The third-order valence-corrected chi connectivity index (χ3v) is 5.03. The van der Waals surface area contributed by atoms with Gasteiger partial charge < -0.3 is 15.0 Å². The molecule has 29 heavy (non-hydrogen) atoms. The minimum Gasteiger partial charge on any atom is -0.489 e. The average Bonchev–Trinajstić information content (AvgIpc) is 2.71. The molecule has 5 nitrogen and oxygen atoms in total. The smallest absolute Gasteiger partial charge is 0.227 e. The van der Waals surface area contributed by atoms with Crippen LogP contribution in [0.3, 0.4) is 0 Å². The first kappa shape index (κ1) is 20.8. The summed E-state index contributed by atoms with van der Waals surface area (Å²) in [6.07, 6.45) is 1.23. The van der Waals surface area contributed by atoms with Crippen molar-refractivity contribution in [3.8, 4) is 5.75 Å². The highest BCUT2D eigenvalue weighted by Crippen LogP contribution is 2.27. The zero-order valence-corrected chi connectivity index (χ0v) is 16.9. The molecule has 0 unspecified atom stereocenters. The first-order chi connectivity index (χ1) is 13.9. The van der Waals surface area contributed by atoms with Crippen molar-refractivity contribution in [3.05, 3.63) is 59.9 Å². The highest BCUT2D eigenvalue weighted by Gasteiger charge is 2.28. The van der Waals surface area contributed by atoms with Crippen LogP contribution in [0.15, 0.2) is 48.5 Å². The van der Waals surface area contributed by atoms with Crippen molar-refractivity contribution in [2.75, 3.05) is 18.4 Å². The molecule has 0 radical (unpaired) electrons. The van der Waals surface area contributed by atoms with E-state index in [-0.39, 0.29) is 36.1 Å². The molecule has 0 spiro atoms. The molecule has 0 bridgehead atoms. The van der Waals surface area contributed by atoms with E-state index in [1.165, 1.54) is 6.07 Å². The number of carbonyl (C=O) groups excluding carboxylic acids is 2. The Morgan fingerprint density at radius 2 is 1.76 bits per heavy atom. The highest BCUT2D eigenvalue weighted by molar-refractivity contribution is 5.94. The summed E-state index contributed by atoms with van der Waals surface area (Å²) in [5, 5.41) is 2.96. The van der Waals surface area contributed by atoms with E-state index in [1.807, 2.05) is 38.1 Å². The van der Waals surface area contributed by atoms with Crippen molar-refractivity contribution in [1.29, 1.82) is 0 Å². The number of carbonyl (C=O) groups is 2. The molecule has 1 N–H and O–H groups in total. The number of hydrogen-bond donors (Lipinski definition) is 1. The first-order valence-electron chi connectivity index (χ1n) is 10.0. The molecule has 2 aromatic carbocycles. The summed E-state index contributed by atoms with van der Waals surface area (Å²) in [4.78, 5) is 26.9. The molecule has 0 saturated carbocycles. The molecule has 154 valence electrons. The molecule has 0 aliphatic carbocycles. The summed E-state index contributed by atoms with van der Waals surface area (Å²) in [7, 11) is 0. The minimum absolute atomic E-state index is 0.0109. The van der Waals surface area contributed by atoms with Gasteiger partial charge in [-0.1, -0.05) is 30.3 Å². The van der Waals surface area contributed by atoms with Gasteiger partial charge in [-0.15, -0.1) is 0 Å². The summed E-state index contributed by atoms with van der Waals surface area (Å²) in [6, 6.07) is 13.7. The number of hydrogen-bond acceptors (Lipinski definition) is 3. The predicted molar refractivity (Wildman–Crippen MR) is 110 cm³/mol. The van der Waals surface area contributed by atoms with Crippen molar-refractivity contribution in [1.82, 2.24) is 4.90 Å². The molecule has 1 aliphatic rings. The third-order valence-electron chi connectivity index (χ3n) is 5.03. The fraction of sp³-hybridized carbons (Fsp3) is 0.391. The topological polar surface area (TPSA) is 58.6 Å². The number of amides is 2. The Balaban J connectivity index is 1.53. The van der Waals surface area contributed by atoms with E-state index in [0.717, 1.165) is 0 Å². The van der Waals surface area contributed by atoms with E-state index in [1.54, 1.807) is 23.1 Å². The van der Waals surface area contributed by atoms with Crippen LogP contribution in [0.2, 0.25) is 0 Å². The number of likely N-dealkylation sites (tertiary alicyclic amines) is 1. The molecule has 0 aromatic heterocycles. The van der Waals surface area contributed by atoms with Crippen LogP contribution < -0.4 is 10.1 Å². The van der Waals surface area contributed by atoms with E-state index in [9.17, 15) is 14.0 Å². The molecule has 1 saturated heterocycles. The summed E-state index contributed by atoms with van der Waals surface area (Å²) < 4.78 is 19.5. The lowest BCUT2D eigenvalue weighted by Gasteiger charge is -2.31. The SMILES string of the molecule is CC(C)Oc1ccccc1NC(=O)C1CCN(C(=O)Cc2ccccc2F)CC1. The van der Waals surface area contributed by atoms with Gasteiger partial charge in [-0.25, -0.2) is 4.39 Å². The zero-order chi connectivity index (χ0) is 20.8. The van der Waals surface area contributed by atoms with Gasteiger partial charge in [0.2, 0.25) is 11.8 Å². The number of nitrogens with zero attached hydrogens (tertiary/aromatic N) is 1. The fourth-order valence-electron chi connectivity index (χ4n) is 3.47. The standard InChI is InChI=1S/C23H27FN2O3/c1-16(2)29-21-10-6-5-9-20(21)25-23(28)17-11-13-26(14-12-17)22(27)15-18-7-3-4-8-19(18)24/h3-10,16-17H,11-15H2,1-2H3,(H,25,28). The number of para-hydroxylation sites is 2. The summed E-state index contributed by atoms with van der Waals surface area (Å²) in [6.45, 7) is 4.87. The normalized spacial score (nSPS) is 14.7. The van der Waals surface area contributed by atoms with E-state index in [4.69, 9.17) is 4.74 Å².